The maximum atomic E-state index is 14.0. The lowest BCUT2D eigenvalue weighted by Crippen LogP contribution is -2.51. The number of halogens is 2. The van der Waals surface area contributed by atoms with Crippen LogP contribution in [0.1, 0.15) is 32.8 Å². The van der Waals surface area contributed by atoms with Crippen LogP contribution in [0.25, 0.3) is 0 Å². The van der Waals surface area contributed by atoms with Gasteiger partial charge in [-0.1, -0.05) is 30.3 Å². The number of hydrogen-bond donors (Lipinski definition) is 0. The summed E-state index contributed by atoms with van der Waals surface area (Å²) in [6.45, 7) is 4.31. The third-order valence-electron chi connectivity index (χ3n) is 3.69. The highest BCUT2D eigenvalue weighted by Crippen LogP contribution is 2.30. The first-order valence-corrected chi connectivity index (χ1v) is 8.65. The average molecular weight is 382 g/mol. The van der Waals surface area contributed by atoms with E-state index < -0.39 is 42.6 Å². The first-order chi connectivity index (χ1) is 12.5. The molecule has 1 aliphatic rings. The number of nitrogens with zero attached hydrogens (tertiary/aromatic N) is 2. The van der Waals surface area contributed by atoms with Crippen molar-refractivity contribution in [2.24, 2.45) is 10.9 Å². The van der Waals surface area contributed by atoms with Gasteiger partial charge in [-0.15, -0.1) is 0 Å². The van der Waals surface area contributed by atoms with Gasteiger partial charge in [0.25, 0.3) is 5.92 Å². The molecule has 6 nitrogen and oxygen atoms in total. The molecule has 148 valence electrons. The van der Waals surface area contributed by atoms with E-state index in [9.17, 15) is 18.4 Å². The summed E-state index contributed by atoms with van der Waals surface area (Å²) in [5.41, 5.74) is 0.00983. The molecule has 1 aromatic carbocycles. The Hall–Kier alpha value is -2.51. The smallest absolute Gasteiger partial charge is 0.433 e. The minimum atomic E-state index is -3.08. The van der Waals surface area contributed by atoms with Gasteiger partial charge in [0.05, 0.1) is 6.54 Å². The van der Waals surface area contributed by atoms with Crippen LogP contribution >= 0.6 is 0 Å². The normalized spacial score (nSPS) is 19.7. The summed E-state index contributed by atoms with van der Waals surface area (Å²) >= 11 is 0. The van der Waals surface area contributed by atoms with E-state index in [1.807, 2.05) is 18.2 Å². The molecule has 1 aliphatic heterocycles. The second-order valence-electron chi connectivity index (χ2n) is 7.50. The van der Waals surface area contributed by atoms with Crippen molar-refractivity contribution < 1.29 is 27.8 Å². The fourth-order valence-corrected chi connectivity index (χ4v) is 2.63. The third kappa shape index (κ3) is 7.32. The number of benzene rings is 1. The van der Waals surface area contributed by atoms with Crippen molar-refractivity contribution in [3.63, 3.8) is 0 Å². The van der Waals surface area contributed by atoms with Gasteiger partial charge in [0.2, 0.25) is 0 Å². The maximum absolute atomic E-state index is 14.0. The van der Waals surface area contributed by atoms with Crippen LogP contribution in [0.3, 0.4) is 0 Å². The summed E-state index contributed by atoms with van der Waals surface area (Å²) < 4.78 is 38.1. The summed E-state index contributed by atoms with van der Waals surface area (Å²) in [5, 5.41) is 0. The topological polar surface area (TPSA) is 68.2 Å². The van der Waals surface area contributed by atoms with E-state index in [0.29, 0.717) is 0 Å². The predicted octanol–water partition coefficient (Wildman–Crippen LogP) is 4.29. The highest BCUT2D eigenvalue weighted by molar-refractivity contribution is 5.80. The molecular weight excluding hydrogens is 358 g/mol. The molecule has 0 bridgehead atoms. The fraction of sp³-hybridized carbons (Fsp3) is 0.526. The van der Waals surface area contributed by atoms with Crippen molar-refractivity contribution in [3.8, 4) is 0 Å². The summed E-state index contributed by atoms with van der Waals surface area (Å²) in [5.74, 6) is -3.86. The van der Waals surface area contributed by atoms with Crippen LogP contribution in [0.2, 0.25) is 0 Å². The summed E-state index contributed by atoms with van der Waals surface area (Å²) in [4.78, 5) is 28.3. The molecule has 0 saturated carbocycles. The molecule has 1 aromatic rings. The van der Waals surface area contributed by atoms with Crippen LogP contribution in [-0.2, 0) is 16.1 Å². The van der Waals surface area contributed by atoms with Crippen LogP contribution in [-0.4, -0.2) is 47.9 Å². The number of amides is 2. The lowest BCUT2D eigenvalue weighted by molar-refractivity contribution is -0.0769. The molecule has 1 unspecified atom stereocenters. The number of hydrogen-bond acceptors (Lipinski definition) is 4. The van der Waals surface area contributed by atoms with Gasteiger partial charge in [-0.3, -0.25) is 0 Å². The van der Waals surface area contributed by atoms with Gasteiger partial charge < -0.3 is 14.4 Å². The molecule has 1 heterocycles. The fourth-order valence-electron chi connectivity index (χ4n) is 2.63. The molecule has 1 fully saturated rings. The number of aliphatic imine (C=N–C) groups is 1. The minimum absolute atomic E-state index is 0.0000312. The van der Waals surface area contributed by atoms with E-state index in [-0.39, 0.29) is 13.2 Å². The monoisotopic (exact) mass is 382 g/mol. The number of carbonyl (C=O) groups excluding carboxylic acids is 2. The van der Waals surface area contributed by atoms with Crippen molar-refractivity contribution in [2.45, 2.75) is 45.3 Å². The lowest BCUT2D eigenvalue weighted by Gasteiger charge is -2.36. The van der Waals surface area contributed by atoms with Crippen LogP contribution in [0.15, 0.2) is 35.3 Å². The van der Waals surface area contributed by atoms with E-state index in [0.717, 1.165) is 16.7 Å². The number of ether oxygens (including phenoxy) is 2. The van der Waals surface area contributed by atoms with E-state index in [1.54, 1.807) is 32.9 Å². The standard InChI is InChI=1S/C19H24F2N2O4/c1-18(2,3)27-17(25)23-11-15(9-19(20,21)13-23)10-22-16(24)26-12-14-7-5-4-6-8-14/h4-8,10,15H,9,11-13H2,1-3H3/b22-10+. The quantitative estimate of drug-likeness (QED) is 0.732. The number of piperidine rings is 1. The average Bonchev–Trinajstić information content (AvgIpc) is 2.56. The van der Waals surface area contributed by atoms with Gasteiger partial charge in [0.1, 0.15) is 12.2 Å². The lowest BCUT2D eigenvalue weighted by atomic mass is 9.96. The Labute approximate surface area is 157 Å². The predicted molar refractivity (Wildman–Crippen MR) is 96.0 cm³/mol. The maximum Gasteiger partial charge on any atom is 0.433 e. The number of rotatable bonds is 3. The Kier molecular flexibility index (Phi) is 6.51. The summed E-state index contributed by atoms with van der Waals surface area (Å²) in [6.07, 6.45) is -1.05. The van der Waals surface area contributed by atoms with Crippen molar-refractivity contribution in [3.05, 3.63) is 35.9 Å². The van der Waals surface area contributed by atoms with Crippen molar-refractivity contribution in [1.29, 1.82) is 0 Å². The molecule has 1 saturated heterocycles. The molecule has 2 rings (SSSR count). The molecule has 0 aromatic heterocycles. The highest BCUT2D eigenvalue weighted by atomic mass is 19.3. The first-order valence-electron chi connectivity index (χ1n) is 8.65. The van der Waals surface area contributed by atoms with Crippen LogP contribution in [0.4, 0.5) is 18.4 Å². The molecule has 0 radical (unpaired) electrons. The largest absolute Gasteiger partial charge is 0.444 e. The van der Waals surface area contributed by atoms with E-state index in [2.05, 4.69) is 4.99 Å². The molecule has 0 N–H and O–H groups in total. The highest BCUT2D eigenvalue weighted by Gasteiger charge is 2.42. The van der Waals surface area contributed by atoms with Crippen LogP contribution < -0.4 is 0 Å². The molecular formula is C19H24F2N2O4. The number of carbonyl (C=O) groups is 2. The van der Waals surface area contributed by atoms with Crippen molar-refractivity contribution in [1.82, 2.24) is 4.90 Å². The van der Waals surface area contributed by atoms with E-state index in [4.69, 9.17) is 9.47 Å². The van der Waals surface area contributed by atoms with Gasteiger partial charge in [0, 0.05) is 25.1 Å². The van der Waals surface area contributed by atoms with Gasteiger partial charge in [-0.2, -0.15) is 4.99 Å². The van der Waals surface area contributed by atoms with Crippen LogP contribution in [0, 0.1) is 5.92 Å². The molecule has 2 amide bonds. The van der Waals surface area contributed by atoms with Crippen molar-refractivity contribution in [2.75, 3.05) is 13.1 Å². The van der Waals surface area contributed by atoms with Crippen LogP contribution in [0.5, 0.6) is 0 Å². The van der Waals surface area contributed by atoms with Gasteiger partial charge in [-0.25, -0.2) is 18.4 Å². The Morgan fingerprint density at radius 2 is 1.96 bits per heavy atom. The zero-order chi connectivity index (χ0) is 20.1. The number of likely N-dealkylation sites (tertiary alicyclic amines) is 1. The first kappa shape index (κ1) is 20.8. The third-order valence-corrected chi connectivity index (χ3v) is 3.69. The second kappa shape index (κ2) is 8.45. The number of alkyl halides is 2. The van der Waals surface area contributed by atoms with Gasteiger partial charge in [-0.05, 0) is 26.3 Å². The van der Waals surface area contributed by atoms with Gasteiger partial charge in [0.15, 0.2) is 0 Å². The minimum Gasteiger partial charge on any atom is -0.444 e. The van der Waals surface area contributed by atoms with Crippen molar-refractivity contribution >= 4 is 18.4 Å². The van der Waals surface area contributed by atoms with E-state index >= 15 is 0 Å². The van der Waals surface area contributed by atoms with Gasteiger partial charge >= 0.3 is 12.2 Å². The summed E-state index contributed by atoms with van der Waals surface area (Å²) in [6, 6.07) is 9.03. The summed E-state index contributed by atoms with van der Waals surface area (Å²) in [7, 11) is 0. The Morgan fingerprint density at radius 1 is 1.30 bits per heavy atom. The zero-order valence-corrected chi connectivity index (χ0v) is 15.7. The molecule has 27 heavy (non-hydrogen) atoms. The Balaban J connectivity index is 1.92. The Bertz CT molecular complexity index is 687. The SMILES string of the molecule is CC(C)(C)OC(=O)N1CC(/C=N/C(=O)OCc2ccccc2)CC(F)(F)C1. The second-order valence-corrected chi connectivity index (χ2v) is 7.50. The molecule has 8 heteroatoms. The van der Waals surface area contributed by atoms with E-state index in [1.165, 1.54) is 0 Å². The molecule has 1 atom stereocenters. The zero-order valence-electron chi connectivity index (χ0n) is 15.7. The molecule has 0 spiro atoms. The molecule has 0 aliphatic carbocycles. The Morgan fingerprint density at radius 3 is 2.59 bits per heavy atom.